The molecule has 0 spiro atoms. The molecule has 3 aromatic heterocycles. The average Bonchev–Trinajstić information content (AvgIpc) is 3.38. The van der Waals surface area contributed by atoms with Crippen molar-refractivity contribution in [2.45, 2.75) is 25.8 Å². The molecule has 156 valence electrons. The topological polar surface area (TPSA) is 102 Å². The zero-order valence-electron chi connectivity index (χ0n) is 17.4. The van der Waals surface area contributed by atoms with Crippen molar-refractivity contribution in [1.29, 1.82) is 10.5 Å². The Balaban J connectivity index is 1.51. The van der Waals surface area contributed by atoms with Crippen molar-refractivity contribution >= 4 is 33.2 Å². The van der Waals surface area contributed by atoms with Crippen molar-refractivity contribution in [3.63, 3.8) is 0 Å². The highest BCUT2D eigenvalue weighted by Gasteiger charge is 2.40. The molecule has 0 unspecified atom stereocenters. The molecule has 0 bridgehead atoms. The summed E-state index contributed by atoms with van der Waals surface area (Å²) in [6.07, 6.45) is 3.59. The van der Waals surface area contributed by atoms with Gasteiger partial charge in [-0.05, 0) is 37.8 Å². The minimum absolute atomic E-state index is 0.171. The van der Waals surface area contributed by atoms with Crippen LogP contribution in [0.1, 0.15) is 29.0 Å². The monoisotopic (exact) mass is 431 g/mol. The number of rotatable bonds is 2. The van der Waals surface area contributed by atoms with Crippen LogP contribution < -0.4 is 15.4 Å². The first-order chi connectivity index (χ1) is 15.0. The number of piperidine rings is 1. The fourth-order valence-corrected chi connectivity index (χ4v) is 5.93. The van der Waals surface area contributed by atoms with Gasteiger partial charge >= 0.3 is 0 Å². The molecule has 0 N–H and O–H groups in total. The van der Waals surface area contributed by atoms with E-state index in [2.05, 4.69) is 31.9 Å². The van der Waals surface area contributed by atoms with Crippen LogP contribution >= 0.6 is 11.3 Å². The lowest BCUT2D eigenvalue weighted by molar-refractivity contribution is 0.395. The van der Waals surface area contributed by atoms with Crippen molar-refractivity contribution in [2.75, 3.05) is 29.4 Å². The summed E-state index contributed by atoms with van der Waals surface area (Å²) in [6.45, 7) is 4.25. The Bertz CT molecular complexity index is 1330. The standard InChI is InChI=1S/C22H21N7OS/c1-13-26-18-19(16(11-24)21(30)27(2)22(18)31-13)28-8-6-17-15(12-28)5-9-29(17)20-14(10-23)4-3-7-25-20/h3-4,7,15,17H,5-6,8-9,12H2,1-2H3/t15-,17+/m1/s1. The molecule has 0 aromatic carbocycles. The summed E-state index contributed by atoms with van der Waals surface area (Å²) < 4.78 is 1.54. The second-order valence-electron chi connectivity index (χ2n) is 8.12. The number of nitrogens with zero attached hydrogens (tertiary/aromatic N) is 7. The number of hydrogen-bond donors (Lipinski definition) is 0. The van der Waals surface area contributed by atoms with Crippen molar-refractivity contribution in [2.24, 2.45) is 13.0 Å². The third kappa shape index (κ3) is 2.96. The number of aromatic nitrogens is 3. The van der Waals surface area contributed by atoms with Gasteiger partial charge in [0.15, 0.2) is 0 Å². The number of pyridine rings is 2. The maximum Gasteiger partial charge on any atom is 0.271 e. The van der Waals surface area contributed by atoms with Crippen LogP contribution in [0.5, 0.6) is 0 Å². The van der Waals surface area contributed by atoms with Gasteiger partial charge in [0.2, 0.25) is 0 Å². The predicted molar refractivity (Wildman–Crippen MR) is 119 cm³/mol. The van der Waals surface area contributed by atoms with Crippen LogP contribution in [0.25, 0.3) is 10.3 Å². The van der Waals surface area contributed by atoms with Gasteiger partial charge in [0.05, 0.1) is 16.3 Å². The summed E-state index contributed by atoms with van der Waals surface area (Å²) in [6, 6.07) is 8.30. The molecule has 5 rings (SSSR count). The first-order valence-corrected chi connectivity index (χ1v) is 11.1. The molecule has 8 nitrogen and oxygen atoms in total. The van der Waals surface area contributed by atoms with E-state index in [1.165, 1.54) is 15.9 Å². The van der Waals surface area contributed by atoms with Gasteiger partial charge in [-0.3, -0.25) is 4.79 Å². The number of thiazole rings is 1. The number of aryl methyl sites for hydroxylation is 2. The third-order valence-corrected chi connectivity index (χ3v) is 7.49. The van der Waals surface area contributed by atoms with Crippen molar-refractivity contribution in [3.8, 4) is 12.1 Å². The second-order valence-corrected chi connectivity index (χ2v) is 9.30. The highest BCUT2D eigenvalue weighted by Crippen LogP contribution is 2.39. The summed E-state index contributed by atoms with van der Waals surface area (Å²) in [4.78, 5) is 27.3. The van der Waals surface area contributed by atoms with Gasteiger partial charge in [0.1, 0.15) is 33.9 Å². The van der Waals surface area contributed by atoms with Crippen LogP contribution in [0.15, 0.2) is 23.1 Å². The van der Waals surface area contributed by atoms with Crippen molar-refractivity contribution < 1.29 is 0 Å². The highest BCUT2D eigenvalue weighted by atomic mass is 32.1. The summed E-state index contributed by atoms with van der Waals surface area (Å²) in [5, 5.41) is 20.2. The predicted octanol–water partition coefficient (Wildman–Crippen LogP) is 2.55. The molecule has 0 amide bonds. The van der Waals surface area contributed by atoms with Gasteiger partial charge in [0, 0.05) is 38.9 Å². The zero-order chi connectivity index (χ0) is 21.7. The molecule has 2 aliphatic heterocycles. The van der Waals surface area contributed by atoms with E-state index in [-0.39, 0.29) is 11.1 Å². The lowest BCUT2D eigenvalue weighted by atomic mass is 9.92. The Kier molecular flexibility index (Phi) is 4.64. The van der Waals surface area contributed by atoms with E-state index in [4.69, 9.17) is 0 Å². The molecular weight excluding hydrogens is 410 g/mol. The van der Waals surface area contributed by atoms with Gasteiger partial charge in [-0.2, -0.15) is 10.5 Å². The lowest BCUT2D eigenvalue weighted by Crippen LogP contribution is -2.47. The molecule has 5 heterocycles. The summed E-state index contributed by atoms with van der Waals surface area (Å²) >= 11 is 1.48. The summed E-state index contributed by atoms with van der Waals surface area (Å²) in [7, 11) is 1.70. The molecule has 2 fully saturated rings. The van der Waals surface area contributed by atoms with Crippen LogP contribution in [0.2, 0.25) is 0 Å². The fourth-order valence-electron chi connectivity index (χ4n) is 5.05. The molecule has 0 aliphatic carbocycles. The maximum atomic E-state index is 12.9. The molecule has 0 radical (unpaired) electrons. The van der Waals surface area contributed by atoms with Crippen LogP contribution in [0.4, 0.5) is 11.5 Å². The van der Waals surface area contributed by atoms with Crippen LogP contribution in [0.3, 0.4) is 0 Å². The molecule has 2 saturated heterocycles. The average molecular weight is 432 g/mol. The molecule has 9 heteroatoms. The lowest BCUT2D eigenvalue weighted by Gasteiger charge is -2.39. The van der Waals surface area contributed by atoms with Gasteiger partial charge < -0.3 is 14.4 Å². The maximum absolute atomic E-state index is 12.9. The number of anilines is 2. The van der Waals surface area contributed by atoms with E-state index < -0.39 is 0 Å². The van der Waals surface area contributed by atoms with E-state index in [0.29, 0.717) is 23.2 Å². The molecular formula is C22H21N7OS. The van der Waals surface area contributed by atoms with Gasteiger partial charge in [-0.15, -0.1) is 11.3 Å². The van der Waals surface area contributed by atoms with E-state index in [9.17, 15) is 15.3 Å². The Hall–Kier alpha value is -3.43. The minimum Gasteiger partial charge on any atom is -0.368 e. The van der Waals surface area contributed by atoms with Crippen LogP contribution in [-0.4, -0.2) is 40.2 Å². The van der Waals surface area contributed by atoms with E-state index >= 15 is 0 Å². The quantitative estimate of drug-likeness (QED) is 0.614. The molecule has 2 atom stereocenters. The van der Waals surface area contributed by atoms with Crippen LogP contribution in [0, 0.1) is 35.5 Å². The Morgan fingerprint density at radius 3 is 2.84 bits per heavy atom. The normalized spacial score (nSPS) is 20.5. The zero-order valence-corrected chi connectivity index (χ0v) is 18.2. The smallest absolute Gasteiger partial charge is 0.271 e. The van der Waals surface area contributed by atoms with Crippen LogP contribution in [-0.2, 0) is 7.05 Å². The van der Waals surface area contributed by atoms with Crippen molar-refractivity contribution in [1.82, 2.24) is 14.5 Å². The largest absolute Gasteiger partial charge is 0.368 e. The molecule has 3 aromatic rings. The molecule has 31 heavy (non-hydrogen) atoms. The van der Waals surface area contributed by atoms with E-state index in [1.54, 1.807) is 19.3 Å². The first-order valence-electron chi connectivity index (χ1n) is 10.3. The van der Waals surface area contributed by atoms with Gasteiger partial charge in [-0.1, -0.05) is 0 Å². The second kappa shape index (κ2) is 7.36. The fraction of sp³-hybridized carbons (Fsp3) is 0.409. The number of nitriles is 2. The Morgan fingerprint density at radius 1 is 1.23 bits per heavy atom. The first kappa shape index (κ1) is 19.5. The van der Waals surface area contributed by atoms with Gasteiger partial charge in [-0.25, -0.2) is 9.97 Å². The van der Waals surface area contributed by atoms with E-state index in [1.807, 2.05) is 13.0 Å². The Morgan fingerprint density at radius 2 is 2.06 bits per heavy atom. The minimum atomic E-state index is -0.268. The van der Waals surface area contributed by atoms with Crippen molar-refractivity contribution in [3.05, 3.63) is 44.8 Å². The highest BCUT2D eigenvalue weighted by molar-refractivity contribution is 7.18. The third-order valence-electron chi connectivity index (χ3n) is 6.44. The number of fused-ring (bicyclic) bond motifs is 2. The van der Waals surface area contributed by atoms with E-state index in [0.717, 1.165) is 53.6 Å². The SMILES string of the molecule is Cc1nc2c(N3CC[C@H]4[C@H](CCN4c4ncccc4C#N)C3)c(C#N)c(=O)n(C)c2s1. The number of hydrogen-bond acceptors (Lipinski definition) is 8. The van der Waals surface area contributed by atoms with Gasteiger partial charge in [0.25, 0.3) is 5.56 Å². The molecule has 0 saturated carbocycles. The Labute approximate surface area is 183 Å². The summed E-state index contributed by atoms with van der Waals surface area (Å²) in [5.41, 5.74) is 1.92. The summed E-state index contributed by atoms with van der Waals surface area (Å²) in [5.74, 6) is 1.13. The molecule has 2 aliphatic rings.